The largest absolute Gasteiger partial charge is 0.490 e. The maximum absolute atomic E-state index is 12.9. The Hall–Kier alpha value is -3.33. The molecule has 0 spiro atoms. The summed E-state index contributed by atoms with van der Waals surface area (Å²) in [7, 11) is 1.54. The summed E-state index contributed by atoms with van der Waals surface area (Å²) in [6, 6.07) is 13.8. The van der Waals surface area contributed by atoms with E-state index in [1.807, 2.05) is 42.7 Å². The van der Waals surface area contributed by atoms with Crippen molar-refractivity contribution in [3.8, 4) is 16.9 Å². The maximum Gasteiger partial charge on any atom is 0.317 e. The van der Waals surface area contributed by atoms with Crippen molar-refractivity contribution >= 4 is 17.6 Å². The molecule has 1 heterocycles. The highest BCUT2D eigenvalue weighted by atomic mass is 35.5. The van der Waals surface area contributed by atoms with Crippen LogP contribution in [0.25, 0.3) is 11.1 Å². The first-order valence-corrected chi connectivity index (χ1v) is 18.4. The zero-order valence-corrected chi connectivity index (χ0v) is 30.7. The van der Waals surface area contributed by atoms with Gasteiger partial charge < -0.3 is 50.0 Å². The van der Waals surface area contributed by atoms with E-state index in [1.54, 1.807) is 4.90 Å². The van der Waals surface area contributed by atoms with Gasteiger partial charge in [-0.25, -0.2) is 4.79 Å². The standard InChI is InChI=1S/C39H52ClN3O9/c1-25-19-27(24-51-39(13-14-39)31-21-41-15-12-29(31)30-8-3-4-9-35(30)52-28-10-11-28)32(40)20-26(25)7-5-6-16-43(17-18-50-2)38(49)42-22-33(45)36(47)37(48)34(46)23-44/h3-4,8-9,12,15,19-21,28,33-34,36-37,44-48H,5-7,10-11,13-14,16-18,22-24H2,1-2H3,(H,42,49)/t33-,34+,36+,37+/m0/s1. The van der Waals surface area contributed by atoms with Gasteiger partial charge in [-0.2, -0.15) is 0 Å². The van der Waals surface area contributed by atoms with Crippen LogP contribution in [0.3, 0.4) is 0 Å². The Bertz CT molecular complexity index is 1620. The van der Waals surface area contributed by atoms with Gasteiger partial charge in [0, 0.05) is 55.3 Å². The number of nitrogens with zero attached hydrogens (tertiary/aromatic N) is 2. The van der Waals surface area contributed by atoms with Gasteiger partial charge in [-0.05, 0) is 92.3 Å². The lowest BCUT2D eigenvalue weighted by atomic mass is 9.96. The van der Waals surface area contributed by atoms with Crippen molar-refractivity contribution in [3.63, 3.8) is 0 Å². The van der Waals surface area contributed by atoms with Gasteiger partial charge in [-0.15, -0.1) is 0 Å². The molecule has 0 saturated heterocycles. The molecule has 12 nitrogen and oxygen atoms in total. The zero-order valence-electron chi connectivity index (χ0n) is 29.9. The van der Waals surface area contributed by atoms with Crippen molar-refractivity contribution < 1.29 is 44.5 Å². The Morgan fingerprint density at radius 1 is 1.02 bits per heavy atom. The first-order valence-electron chi connectivity index (χ1n) is 18.0. The molecule has 1 aromatic heterocycles. The molecule has 284 valence electrons. The number of carbonyl (C=O) groups is 1. The molecule has 5 rings (SSSR count). The van der Waals surface area contributed by atoms with Gasteiger partial charge in [0.05, 0.1) is 37.6 Å². The van der Waals surface area contributed by atoms with E-state index in [1.165, 1.54) is 7.11 Å². The van der Waals surface area contributed by atoms with E-state index in [0.29, 0.717) is 43.9 Å². The van der Waals surface area contributed by atoms with Crippen LogP contribution in [0.15, 0.2) is 54.9 Å². The third-order valence-electron chi connectivity index (χ3n) is 9.78. The lowest BCUT2D eigenvalue weighted by molar-refractivity contribution is -0.113. The van der Waals surface area contributed by atoms with Crippen LogP contribution >= 0.6 is 11.6 Å². The van der Waals surface area contributed by atoms with Gasteiger partial charge >= 0.3 is 6.03 Å². The molecular formula is C39H52ClN3O9. The first kappa shape index (κ1) is 39.9. The van der Waals surface area contributed by atoms with Gasteiger partial charge in [0.15, 0.2) is 0 Å². The number of rotatable bonds is 21. The number of benzene rings is 2. The van der Waals surface area contributed by atoms with Gasteiger partial charge in [0.1, 0.15) is 24.1 Å². The fourth-order valence-electron chi connectivity index (χ4n) is 6.26. The molecule has 6 N–H and O–H groups in total. The second kappa shape index (κ2) is 18.6. The first-order chi connectivity index (χ1) is 25.1. The summed E-state index contributed by atoms with van der Waals surface area (Å²) in [6.45, 7) is 2.33. The number of carbonyl (C=O) groups excluding carboxylic acids is 1. The lowest BCUT2D eigenvalue weighted by Gasteiger charge is -2.27. The number of nitrogens with one attached hydrogen (secondary N) is 1. The number of pyridine rings is 1. The van der Waals surface area contributed by atoms with Crippen molar-refractivity contribution in [3.05, 3.63) is 82.1 Å². The molecule has 3 aromatic rings. The SMILES string of the molecule is COCCN(CCCCc1cc(Cl)c(COC2(c3cnccc3-c3ccccc3OC3CC3)CC2)cc1C)C(=O)NC[C@H](O)[C@@H](O)[C@H](O)[C@H](O)CO. The molecule has 2 amide bonds. The van der Waals surface area contributed by atoms with Crippen LogP contribution < -0.4 is 10.1 Å². The number of hydrogen-bond acceptors (Lipinski definition) is 10. The van der Waals surface area contributed by atoms with Crippen molar-refractivity contribution in [2.24, 2.45) is 0 Å². The van der Waals surface area contributed by atoms with E-state index in [2.05, 4.69) is 29.4 Å². The number of urea groups is 1. The summed E-state index contributed by atoms with van der Waals surface area (Å²) in [5.41, 5.74) is 5.89. The number of aromatic nitrogens is 1. The molecule has 0 aliphatic heterocycles. The van der Waals surface area contributed by atoms with Crippen LogP contribution in [-0.2, 0) is 28.1 Å². The predicted molar refractivity (Wildman–Crippen MR) is 196 cm³/mol. The highest BCUT2D eigenvalue weighted by molar-refractivity contribution is 6.31. The van der Waals surface area contributed by atoms with E-state index in [9.17, 15) is 25.2 Å². The third kappa shape index (κ3) is 10.4. The highest BCUT2D eigenvalue weighted by Crippen LogP contribution is 2.53. The topological polar surface area (TPSA) is 174 Å². The van der Waals surface area contributed by atoms with Crippen LogP contribution in [0.4, 0.5) is 4.79 Å². The Kier molecular flexibility index (Phi) is 14.3. The number of hydrogen-bond donors (Lipinski definition) is 6. The second-order valence-corrected chi connectivity index (χ2v) is 14.2. The van der Waals surface area contributed by atoms with Gasteiger partial charge in [0.2, 0.25) is 0 Å². The Balaban J connectivity index is 1.14. The zero-order chi connectivity index (χ0) is 37.3. The van der Waals surface area contributed by atoms with Gasteiger partial charge in [0.25, 0.3) is 0 Å². The quantitative estimate of drug-likeness (QED) is 0.0880. The molecule has 2 saturated carbocycles. The van der Waals surface area contributed by atoms with E-state index < -0.39 is 42.7 Å². The normalized spacial score (nSPS) is 17.2. The van der Waals surface area contributed by atoms with Crippen LogP contribution in [0, 0.1) is 6.92 Å². The summed E-state index contributed by atoms with van der Waals surface area (Å²) >= 11 is 6.82. The lowest BCUT2D eigenvalue weighted by Crippen LogP contribution is -2.51. The van der Waals surface area contributed by atoms with Crippen molar-refractivity contribution in [2.45, 2.75) is 94.6 Å². The van der Waals surface area contributed by atoms with E-state index >= 15 is 0 Å². The van der Waals surface area contributed by atoms with Gasteiger partial charge in [-0.1, -0.05) is 35.9 Å². The van der Waals surface area contributed by atoms with Crippen LogP contribution in [0.1, 0.15) is 60.8 Å². The number of ether oxygens (including phenoxy) is 3. The molecule has 52 heavy (non-hydrogen) atoms. The summed E-state index contributed by atoms with van der Waals surface area (Å²) in [4.78, 5) is 18.9. The van der Waals surface area contributed by atoms with Crippen molar-refractivity contribution in [1.82, 2.24) is 15.2 Å². The van der Waals surface area contributed by atoms with E-state index in [0.717, 1.165) is 77.7 Å². The molecule has 2 fully saturated rings. The molecular weight excluding hydrogens is 690 g/mol. The maximum atomic E-state index is 12.9. The Labute approximate surface area is 310 Å². The third-order valence-corrected chi connectivity index (χ3v) is 10.1. The van der Waals surface area contributed by atoms with E-state index in [-0.39, 0.29) is 6.54 Å². The highest BCUT2D eigenvalue weighted by Gasteiger charge is 2.48. The molecule has 0 bridgehead atoms. The molecule has 13 heteroatoms. The van der Waals surface area contributed by atoms with Crippen LogP contribution in [0.5, 0.6) is 5.75 Å². The minimum absolute atomic E-state index is 0.291. The number of amides is 2. The van der Waals surface area contributed by atoms with Gasteiger partial charge in [-0.3, -0.25) is 4.98 Å². The smallest absolute Gasteiger partial charge is 0.317 e. The van der Waals surface area contributed by atoms with Crippen LogP contribution in [0.2, 0.25) is 5.02 Å². The van der Waals surface area contributed by atoms with Crippen molar-refractivity contribution in [1.29, 1.82) is 0 Å². The Morgan fingerprint density at radius 2 is 1.77 bits per heavy atom. The molecule has 0 radical (unpaired) electrons. The monoisotopic (exact) mass is 741 g/mol. The molecule has 2 aromatic carbocycles. The average Bonchev–Trinajstić information content (AvgIpc) is 4.11. The molecule has 4 atom stereocenters. The summed E-state index contributed by atoms with van der Waals surface area (Å²) in [6.07, 6.45) is 3.52. The molecule has 2 aliphatic carbocycles. The summed E-state index contributed by atoms with van der Waals surface area (Å²) in [5, 5.41) is 51.7. The minimum Gasteiger partial charge on any atom is -0.490 e. The fraction of sp³-hybridized carbons (Fsp3) is 0.538. The predicted octanol–water partition coefficient (Wildman–Crippen LogP) is 3.87. The number of aryl methyl sites for hydroxylation is 2. The summed E-state index contributed by atoms with van der Waals surface area (Å²) < 4.78 is 18.1. The minimum atomic E-state index is -1.77. The summed E-state index contributed by atoms with van der Waals surface area (Å²) in [5.74, 6) is 0.888. The number of aliphatic hydroxyl groups is 5. The number of aliphatic hydroxyl groups excluding tert-OH is 5. The average molecular weight is 742 g/mol. The second-order valence-electron chi connectivity index (χ2n) is 13.8. The van der Waals surface area contributed by atoms with Crippen LogP contribution in [-0.4, -0.2) is 112 Å². The van der Waals surface area contributed by atoms with Crippen molar-refractivity contribution in [2.75, 3.05) is 40.0 Å². The number of unbranched alkanes of at least 4 members (excludes halogenated alkanes) is 1. The number of methoxy groups -OCH3 is 1. The van der Waals surface area contributed by atoms with E-state index in [4.69, 9.17) is 30.9 Å². The number of para-hydroxylation sites is 1. The molecule has 0 unspecified atom stereocenters. The molecule has 2 aliphatic rings. The number of halogens is 1. The Morgan fingerprint density at radius 3 is 2.48 bits per heavy atom. The fourth-order valence-corrected chi connectivity index (χ4v) is 6.50.